The van der Waals surface area contributed by atoms with E-state index in [1.165, 1.54) is 0 Å². The third-order valence-corrected chi connectivity index (χ3v) is 5.14. The highest BCUT2D eigenvalue weighted by Gasteiger charge is 2.34. The molecule has 25 heavy (non-hydrogen) atoms. The fourth-order valence-electron chi connectivity index (χ4n) is 2.88. The molecule has 2 aromatic carbocycles. The van der Waals surface area contributed by atoms with Gasteiger partial charge in [-0.05, 0) is 22.0 Å². The van der Waals surface area contributed by atoms with E-state index in [0.29, 0.717) is 47.8 Å². The summed E-state index contributed by atoms with van der Waals surface area (Å²) < 4.78 is 17.7. The molecular weight excluding hydrogens is 410 g/mol. The summed E-state index contributed by atoms with van der Waals surface area (Å²) in [5, 5.41) is 0.271. The fraction of sp³-hybridized carbons (Fsp3) is 0.278. The van der Waals surface area contributed by atoms with Crippen molar-refractivity contribution in [2.45, 2.75) is 6.29 Å². The van der Waals surface area contributed by atoms with Gasteiger partial charge in [-0.2, -0.15) is 0 Å². The van der Waals surface area contributed by atoms with Crippen LogP contribution in [0.15, 0.2) is 40.9 Å². The summed E-state index contributed by atoms with van der Waals surface area (Å²) in [7, 11) is 0. The van der Waals surface area contributed by atoms with Crippen molar-refractivity contribution in [1.82, 2.24) is 4.90 Å². The highest BCUT2D eigenvalue weighted by molar-refractivity contribution is 9.10. The van der Waals surface area contributed by atoms with Gasteiger partial charge in [0.15, 0.2) is 11.5 Å². The number of rotatable bonds is 2. The van der Waals surface area contributed by atoms with Crippen LogP contribution >= 0.6 is 27.5 Å². The van der Waals surface area contributed by atoms with E-state index in [1.54, 1.807) is 11.0 Å². The first-order valence-corrected chi connectivity index (χ1v) is 9.09. The molecule has 1 atom stereocenters. The second-order valence-electron chi connectivity index (χ2n) is 5.76. The Labute approximate surface area is 158 Å². The Balaban J connectivity index is 1.66. The van der Waals surface area contributed by atoms with Gasteiger partial charge in [0.2, 0.25) is 0 Å². The third-order valence-electron chi connectivity index (χ3n) is 4.18. The number of morpholine rings is 1. The topological polar surface area (TPSA) is 48.0 Å². The predicted molar refractivity (Wildman–Crippen MR) is 96.3 cm³/mol. The monoisotopic (exact) mass is 423 g/mol. The largest absolute Gasteiger partial charge is 0.445 e. The van der Waals surface area contributed by atoms with E-state index in [0.717, 1.165) is 5.56 Å². The zero-order chi connectivity index (χ0) is 17.4. The second-order valence-corrected chi connectivity index (χ2v) is 6.99. The molecule has 2 aromatic rings. The summed E-state index contributed by atoms with van der Waals surface area (Å²) in [5.41, 5.74) is 1.27. The number of ether oxygens (including phenoxy) is 3. The third kappa shape index (κ3) is 3.10. The summed E-state index contributed by atoms with van der Waals surface area (Å²) in [6, 6.07) is 11.3. The van der Waals surface area contributed by atoms with Crippen LogP contribution in [0.1, 0.15) is 22.2 Å². The Bertz CT molecular complexity index is 808. The smallest absolute Gasteiger partial charge is 0.268 e. The Morgan fingerprint density at radius 2 is 1.80 bits per heavy atom. The second kappa shape index (κ2) is 6.86. The van der Waals surface area contributed by atoms with Crippen LogP contribution in [0.3, 0.4) is 0 Å². The maximum atomic E-state index is 12.8. The number of benzene rings is 2. The molecule has 1 amide bonds. The Morgan fingerprint density at radius 1 is 1.12 bits per heavy atom. The maximum Gasteiger partial charge on any atom is 0.268 e. The van der Waals surface area contributed by atoms with Crippen LogP contribution in [0.25, 0.3) is 0 Å². The first kappa shape index (κ1) is 16.7. The van der Waals surface area contributed by atoms with Gasteiger partial charge in [0.05, 0.1) is 28.3 Å². The van der Waals surface area contributed by atoms with Crippen LogP contribution in [-0.2, 0) is 4.74 Å². The van der Waals surface area contributed by atoms with Crippen molar-refractivity contribution in [2.75, 3.05) is 26.3 Å². The van der Waals surface area contributed by atoms with Crippen LogP contribution in [0, 0.1) is 0 Å². The quantitative estimate of drug-likeness (QED) is 0.730. The Hall–Kier alpha value is -1.76. The Morgan fingerprint density at radius 3 is 2.52 bits per heavy atom. The minimum absolute atomic E-state index is 0.136. The average Bonchev–Trinajstić information content (AvgIpc) is 3.12. The molecule has 0 bridgehead atoms. The zero-order valence-corrected chi connectivity index (χ0v) is 15.5. The SMILES string of the molecule is O=C(c1cc(Br)c2c(c1Cl)OC(c1ccccc1)O2)N1CCOCC1. The average molecular weight is 425 g/mol. The van der Waals surface area contributed by atoms with Crippen molar-refractivity contribution in [2.24, 2.45) is 0 Å². The molecule has 0 aliphatic carbocycles. The molecule has 0 spiro atoms. The van der Waals surface area contributed by atoms with Gasteiger partial charge in [0, 0.05) is 18.7 Å². The van der Waals surface area contributed by atoms with Crippen molar-refractivity contribution in [3.05, 3.63) is 57.0 Å². The number of nitrogens with zero attached hydrogens (tertiary/aromatic N) is 1. The minimum atomic E-state index is -0.585. The molecule has 1 saturated heterocycles. The van der Waals surface area contributed by atoms with Crippen LogP contribution in [0.4, 0.5) is 0 Å². The predicted octanol–water partition coefficient (Wildman–Crippen LogP) is 4.04. The summed E-state index contributed by atoms with van der Waals surface area (Å²) in [6.45, 7) is 2.16. The van der Waals surface area contributed by atoms with E-state index in [-0.39, 0.29) is 10.9 Å². The minimum Gasteiger partial charge on any atom is -0.445 e. The van der Waals surface area contributed by atoms with Crippen molar-refractivity contribution in [3.8, 4) is 11.5 Å². The van der Waals surface area contributed by atoms with E-state index < -0.39 is 6.29 Å². The molecule has 5 nitrogen and oxygen atoms in total. The molecule has 2 aliphatic heterocycles. The highest BCUT2D eigenvalue weighted by atomic mass is 79.9. The lowest BCUT2D eigenvalue weighted by Crippen LogP contribution is -2.40. The van der Waals surface area contributed by atoms with Crippen LogP contribution in [-0.4, -0.2) is 37.1 Å². The van der Waals surface area contributed by atoms with Gasteiger partial charge in [0.25, 0.3) is 12.2 Å². The number of halogens is 2. The van der Waals surface area contributed by atoms with Gasteiger partial charge in [-0.3, -0.25) is 4.79 Å². The number of carbonyl (C=O) groups is 1. The first-order valence-electron chi connectivity index (χ1n) is 7.92. The van der Waals surface area contributed by atoms with Crippen LogP contribution in [0.2, 0.25) is 5.02 Å². The van der Waals surface area contributed by atoms with Gasteiger partial charge in [-0.25, -0.2) is 0 Å². The van der Waals surface area contributed by atoms with Crippen LogP contribution < -0.4 is 9.47 Å². The van der Waals surface area contributed by atoms with Gasteiger partial charge in [0.1, 0.15) is 0 Å². The van der Waals surface area contributed by atoms with Crippen molar-refractivity contribution in [3.63, 3.8) is 0 Å². The molecule has 1 fully saturated rings. The molecular formula is C18H15BrClNO4. The molecule has 0 saturated carbocycles. The lowest BCUT2D eigenvalue weighted by molar-refractivity contribution is 0.0302. The number of hydrogen-bond donors (Lipinski definition) is 0. The molecule has 4 rings (SSSR count). The van der Waals surface area contributed by atoms with Crippen molar-refractivity contribution in [1.29, 1.82) is 0 Å². The molecule has 2 aliphatic rings. The number of carbonyl (C=O) groups excluding carboxylic acids is 1. The number of amides is 1. The first-order chi connectivity index (χ1) is 12.1. The molecule has 0 radical (unpaired) electrons. The molecule has 130 valence electrons. The van der Waals surface area contributed by atoms with Crippen molar-refractivity contribution >= 4 is 33.4 Å². The highest BCUT2D eigenvalue weighted by Crippen LogP contribution is 2.50. The van der Waals surface area contributed by atoms with Crippen molar-refractivity contribution < 1.29 is 19.0 Å². The zero-order valence-electron chi connectivity index (χ0n) is 13.2. The van der Waals surface area contributed by atoms with E-state index >= 15 is 0 Å². The number of fused-ring (bicyclic) bond motifs is 1. The fourth-order valence-corrected chi connectivity index (χ4v) is 3.65. The van der Waals surface area contributed by atoms with Gasteiger partial charge in [-0.15, -0.1) is 0 Å². The van der Waals surface area contributed by atoms with E-state index in [2.05, 4.69) is 15.9 Å². The van der Waals surface area contributed by atoms with Gasteiger partial charge in [-0.1, -0.05) is 41.9 Å². The lowest BCUT2D eigenvalue weighted by atomic mass is 10.1. The summed E-state index contributed by atoms with van der Waals surface area (Å²) in [5.74, 6) is 0.766. The van der Waals surface area contributed by atoms with E-state index in [1.807, 2.05) is 30.3 Å². The summed E-state index contributed by atoms with van der Waals surface area (Å²) in [4.78, 5) is 14.5. The molecule has 1 unspecified atom stereocenters. The number of hydrogen-bond acceptors (Lipinski definition) is 4. The molecule has 7 heteroatoms. The van der Waals surface area contributed by atoms with Crippen LogP contribution in [0.5, 0.6) is 11.5 Å². The van der Waals surface area contributed by atoms with E-state index in [4.69, 9.17) is 25.8 Å². The Kier molecular flexibility index (Phi) is 4.58. The van der Waals surface area contributed by atoms with E-state index in [9.17, 15) is 4.79 Å². The maximum absolute atomic E-state index is 12.8. The molecule has 0 N–H and O–H groups in total. The van der Waals surface area contributed by atoms with Gasteiger partial charge < -0.3 is 19.1 Å². The lowest BCUT2D eigenvalue weighted by Gasteiger charge is -2.27. The molecule has 0 aromatic heterocycles. The molecule has 2 heterocycles. The standard InChI is InChI=1S/C18H15BrClNO4/c19-13-10-12(17(22)21-6-8-23-9-7-21)14(20)16-15(13)24-18(25-16)11-4-2-1-3-5-11/h1-5,10,18H,6-9H2. The normalized spacial score (nSPS) is 19.1. The summed E-state index contributed by atoms with van der Waals surface area (Å²) in [6.07, 6.45) is -0.585. The van der Waals surface area contributed by atoms with Gasteiger partial charge >= 0.3 is 0 Å². The summed E-state index contributed by atoms with van der Waals surface area (Å²) >= 11 is 9.95.